The highest BCUT2D eigenvalue weighted by Gasteiger charge is 2.48. The van der Waals surface area contributed by atoms with E-state index in [4.69, 9.17) is 14.7 Å². The van der Waals surface area contributed by atoms with E-state index in [0.29, 0.717) is 20.4 Å². The topological polar surface area (TPSA) is 61.8 Å². The summed E-state index contributed by atoms with van der Waals surface area (Å²) in [6.07, 6.45) is 4.60. The second-order valence-corrected chi connectivity index (χ2v) is 14.2. The smallest absolute Gasteiger partial charge is 0.410 e. The predicted octanol–water partition coefficient (Wildman–Crippen LogP) is 6.12. The number of ether oxygens (including phenoxy) is 1. The molecule has 10 heteroatoms. The van der Waals surface area contributed by atoms with Gasteiger partial charge in [0.15, 0.2) is 11.0 Å². The number of benzene rings is 1. The number of amides is 1. The second kappa shape index (κ2) is 10.7. The molecule has 0 bridgehead atoms. The minimum absolute atomic E-state index is 0.130. The van der Waals surface area contributed by atoms with E-state index in [9.17, 15) is 4.79 Å². The number of likely N-dealkylation sites (tertiary alicyclic amines) is 2. The summed E-state index contributed by atoms with van der Waals surface area (Å²) in [6, 6.07) is 2.06. The Hall–Kier alpha value is -1.65. The van der Waals surface area contributed by atoms with Crippen molar-refractivity contribution >= 4 is 50.5 Å². The van der Waals surface area contributed by atoms with Crippen LogP contribution in [0.15, 0.2) is 15.7 Å². The van der Waals surface area contributed by atoms with Crippen molar-refractivity contribution in [2.24, 2.45) is 5.41 Å². The van der Waals surface area contributed by atoms with Crippen molar-refractivity contribution in [2.45, 2.75) is 75.8 Å². The highest BCUT2D eigenvalue weighted by atomic mass is 79.9. The molecule has 1 spiro atoms. The molecule has 1 amide bonds. The fourth-order valence-electron chi connectivity index (χ4n) is 5.75. The van der Waals surface area contributed by atoms with Crippen molar-refractivity contribution in [1.82, 2.24) is 19.8 Å². The monoisotopic (exact) mass is 607 g/mol. The Bertz CT molecular complexity index is 1200. The van der Waals surface area contributed by atoms with Gasteiger partial charge in [-0.3, -0.25) is 0 Å². The highest BCUT2D eigenvalue weighted by molar-refractivity contribution is 9.10. The Morgan fingerprint density at radius 3 is 2.45 bits per heavy atom. The van der Waals surface area contributed by atoms with Crippen LogP contribution in [0.5, 0.6) is 0 Å². The van der Waals surface area contributed by atoms with Crippen LogP contribution < -0.4 is 4.90 Å². The maximum atomic E-state index is 15.6. The lowest BCUT2D eigenvalue weighted by atomic mass is 9.72. The zero-order chi connectivity index (χ0) is 27.2. The molecule has 3 aliphatic rings. The number of aromatic nitrogens is 2. The van der Waals surface area contributed by atoms with Gasteiger partial charge in [-0.25, -0.2) is 19.2 Å². The quantitative estimate of drug-likeness (QED) is 0.388. The van der Waals surface area contributed by atoms with Crippen LogP contribution in [-0.2, 0) is 11.2 Å². The van der Waals surface area contributed by atoms with Crippen LogP contribution in [0.3, 0.4) is 0 Å². The SMILES string of the molecule is CCc1cc2c(N3CCC4(CC3)CN(C(=O)OC(C)(C)C)C4)nc(SC3CCN(C)CC3)nc2c(F)c1Br. The summed E-state index contributed by atoms with van der Waals surface area (Å²) in [7, 11) is 2.15. The number of anilines is 1. The first kappa shape index (κ1) is 27.9. The molecule has 3 fully saturated rings. The first-order valence-corrected chi connectivity index (χ1v) is 15.4. The molecule has 1 aromatic heterocycles. The maximum absolute atomic E-state index is 15.6. The van der Waals surface area contributed by atoms with E-state index >= 15 is 4.39 Å². The number of piperidine rings is 2. The van der Waals surface area contributed by atoms with Crippen LogP contribution in [0.1, 0.15) is 58.9 Å². The summed E-state index contributed by atoms with van der Waals surface area (Å²) in [5.74, 6) is 0.540. The summed E-state index contributed by atoms with van der Waals surface area (Å²) in [5.41, 5.74) is 0.970. The number of aryl methyl sites for hydroxylation is 1. The fraction of sp³-hybridized carbons (Fsp3) is 0.679. The van der Waals surface area contributed by atoms with Crippen molar-refractivity contribution in [1.29, 1.82) is 0 Å². The van der Waals surface area contributed by atoms with Crippen molar-refractivity contribution in [3.8, 4) is 0 Å². The lowest BCUT2D eigenvalue weighted by Gasteiger charge is -2.53. The van der Waals surface area contributed by atoms with Gasteiger partial charge >= 0.3 is 6.09 Å². The highest BCUT2D eigenvalue weighted by Crippen LogP contribution is 2.43. The first-order valence-electron chi connectivity index (χ1n) is 13.7. The Labute approximate surface area is 238 Å². The average Bonchev–Trinajstić information content (AvgIpc) is 2.85. The number of halogens is 2. The van der Waals surface area contributed by atoms with Gasteiger partial charge in [-0.2, -0.15) is 0 Å². The van der Waals surface area contributed by atoms with Gasteiger partial charge in [-0.1, -0.05) is 18.7 Å². The maximum Gasteiger partial charge on any atom is 0.410 e. The zero-order valence-corrected chi connectivity index (χ0v) is 25.6. The minimum atomic E-state index is -0.484. The normalized spacial score (nSPS) is 20.7. The number of thioether (sulfide) groups is 1. The molecule has 2 aromatic rings. The number of hydrogen-bond donors (Lipinski definition) is 0. The van der Waals surface area contributed by atoms with E-state index in [1.54, 1.807) is 11.8 Å². The molecular weight excluding hydrogens is 569 g/mol. The molecule has 7 nitrogen and oxygen atoms in total. The molecule has 0 unspecified atom stereocenters. The number of rotatable bonds is 4. The number of fused-ring (bicyclic) bond motifs is 1. The third kappa shape index (κ3) is 5.77. The third-order valence-corrected chi connectivity index (χ3v) is 10.1. The van der Waals surface area contributed by atoms with E-state index in [2.05, 4.69) is 38.8 Å². The summed E-state index contributed by atoms with van der Waals surface area (Å²) >= 11 is 5.17. The second-order valence-electron chi connectivity index (χ2n) is 12.2. The van der Waals surface area contributed by atoms with Gasteiger partial charge in [0.25, 0.3) is 0 Å². The molecule has 4 heterocycles. The van der Waals surface area contributed by atoms with Crippen LogP contribution in [0.4, 0.5) is 15.0 Å². The van der Waals surface area contributed by atoms with E-state index in [1.807, 2.05) is 32.6 Å². The number of carbonyl (C=O) groups excluding carboxylic acids is 1. The van der Waals surface area contributed by atoms with Gasteiger partial charge < -0.3 is 19.4 Å². The summed E-state index contributed by atoms with van der Waals surface area (Å²) in [4.78, 5) is 28.7. The molecule has 1 aromatic carbocycles. The van der Waals surface area contributed by atoms with E-state index < -0.39 is 5.60 Å². The molecule has 0 saturated carbocycles. The summed E-state index contributed by atoms with van der Waals surface area (Å²) < 4.78 is 21.7. The Morgan fingerprint density at radius 1 is 1.18 bits per heavy atom. The number of hydrogen-bond acceptors (Lipinski definition) is 7. The molecule has 38 heavy (non-hydrogen) atoms. The van der Waals surface area contributed by atoms with Crippen LogP contribution >= 0.6 is 27.7 Å². The number of carbonyl (C=O) groups is 1. The van der Waals surface area contributed by atoms with Crippen molar-refractivity contribution in [2.75, 3.05) is 51.2 Å². The van der Waals surface area contributed by atoms with Crippen LogP contribution in [0.2, 0.25) is 0 Å². The summed E-state index contributed by atoms with van der Waals surface area (Å²) in [5, 5.41) is 1.89. The Morgan fingerprint density at radius 2 is 1.84 bits per heavy atom. The predicted molar refractivity (Wildman–Crippen MR) is 155 cm³/mol. The van der Waals surface area contributed by atoms with Gasteiger partial charge in [-0.05, 0) is 101 Å². The fourth-order valence-corrected chi connectivity index (χ4v) is 7.36. The largest absolute Gasteiger partial charge is 0.444 e. The van der Waals surface area contributed by atoms with E-state index in [1.165, 1.54) is 0 Å². The Kier molecular flexibility index (Phi) is 7.88. The minimum Gasteiger partial charge on any atom is -0.444 e. The summed E-state index contributed by atoms with van der Waals surface area (Å²) in [6.45, 7) is 13.0. The van der Waals surface area contributed by atoms with Crippen LogP contribution in [-0.4, -0.2) is 83.0 Å². The van der Waals surface area contributed by atoms with E-state index in [0.717, 1.165) is 88.1 Å². The van der Waals surface area contributed by atoms with Gasteiger partial charge in [0, 0.05) is 42.2 Å². The van der Waals surface area contributed by atoms with Crippen molar-refractivity contribution in [3.63, 3.8) is 0 Å². The molecule has 3 aliphatic heterocycles. The van der Waals surface area contributed by atoms with E-state index in [-0.39, 0.29) is 17.3 Å². The average molecular weight is 609 g/mol. The number of nitrogens with zero attached hydrogens (tertiary/aromatic N) is 5. The van der Waals surface area contributed by atoms with Crippen molar-refractivity contribution < 1.29 is 13.9 Å². The Balaban J connectivity index is 1.37. The van der Waals surface area contributed by atoms with Gasteiger partial charge in [0.2, 0.25) is 0 Å². The lowest BCUT2D eigenvalue weighted by molar-refractivity contribution is -0.0434. The zero-order valence-electron chi connectivity index (χ0n) is 23.1. The molecule has 208 valence electrons. The first-order chi connectivity index (χ1) is 18.0. The molecule has 0 atom stereocenters. The molecule has 0 radical (unpaired) electrons. The molecular formula is C28H39BrFN5O2S. The van der Waals surface area contributed by atoms with Gasteiger partial charge in [0.05, 0.1) is 4.47 Å². The molecule has 5 rings (SSSR count). The molecule has 3 saturated heterocycles. The molecule has 0 aliphatic carbocycles. The van der Waals surface area contributed by atoms with Gasteiger partial charge in [0.1, 0.15) is 16.9 Å². The van der Waals surface area contributed by atoms with Crippen LogP contribution in [0, 0.1) is 11.2 Å². The molecule has 0 N–H and O–H groups in total. The standard InChI is InChI=1S/C28H39BrFN5O2S/c1-6-18-15-20-23(22(30)21(18)29)31-25(38-19-7-11-33(5)12-8-19)32-24(20)34-13-9-28(10-14-34)16-35(17-28)26(36)37-27(2,3)4/h15,19H,6-14,16-17H2,1-5H3. The van der Waals surface area contributed by atoms with Crippen molar-refractivity contribution in [3.05, 3.63) is 21.9 Å². The van der Waals surface area contributed by atoms with Crippen LogP contribution in [0.25, 0.3) is 10.9 Å². The lowest BCUT2D eigenvalue weighted by Crippen LogP contribution is -2.62. The third-order valence-electron chi connectivity index (χ3n) is 8.05. The van der Waals surface area contributed by atoms with Gasteiger partial charge in [-0.15, -0.1) is 0 Å².